The van der Waals surface area contributed by atoms with E-state index in [1.165, 1.54) is 22.8 Å². The summed E-state index contributed by atoms with van der Waals surface area (Å²) in [7, 11) is 0. The van der Waals surface area contributed by atoms with Gasteiger partial charge < -0.3 is 10.1 Å². The van der Waals surface area contributed by atoms with Crippen molar-refractivity contribution in [3.8, 4) is 17.2 Å². The molecular weight excluding hydrogens is 541 g/mol. The number of hydrazine groups is 1. The molecule has 0 radical (unpaired) electrons. The van der Waals surface area contributed by atoms with Crippen LogP contribution in [-0.4, -0.2) is 55.9 Å². The van der Waals surface area contributed by atoms with Crippen LogP contribution in [0.25, 0.3) is 17.2 Å². The number of carbonyl (C=O) groups excluding carboxylic acids is 1. The third-order valence-electron chi connectivity index (χ3n) is 6.21. The smallest absolute Gasteiger partial charge is 0.443 e. The Morgan fingerprint density at radius 2 is 1.92 bits per heavy atom. The zero-order chi connectivity index (χ0) is 25.6. The van der Waals surface area contributed by atoms with E-state index in [4.69, 9.17) is 13.9 Å². The van der Waals surface area contributed by atoms with E-state index in [9.17, 15) is 14.0 Å². The van der Waals surface area contributed by atoms with Gasteiger partial charge in [0.25, 0.3) is 0 Å². The van der Waals surface area contributed by atoms with Gasteiger partial charge in [0.05, 0.1) is 10.2 Å². The van der Waals surface area contributed by atoms with Crippen LogP contribution in [0.4, 0.5) is 15.0 Å². The van der Waals surface area contributed by atoms with Crippen LogP contribution in [0, 0.1) is 17.7 Å². The lowest BCUT2D eigenvalue weighted by Crippen LogP contribution is -2.44. The SMILES string of the molecule is CC(C)(C)OC(=O)NN1CC2CC(Nc3nonc3-c3noc(=O)n3-c3ccc(F)c(Br)c3)CC2C1. The van der Waals surface area contributed by atoms with E-state index in [0.29, 0.717) is 36.4 Å². The first-order valence-electron chi connectivity index (χ1n) is 11.5. The molecule has 1 aliphatic carbocycles. The Morgan fingerprint density at radius 3 is 2.58 bits per heavy atom. The van der Waals surface area contributed by atoms with E-state index >= 15 is 0 Å². The van der Waals surface area contributed by atoms with Crippen molar-refractivity contribution in [3.05, 3.63) is 39.0 Å². The quantitative estimate of drug-likeness (QED) is 0.473. The molecule has 1 saturated carbocycles. The second kappa shape index (κ2) is 9.32. The summed E-state index contributed by atoms with van der Waals surface area (Å²) in [5, 5.41) is 17.0. The van der Waals surface area contributed by atoms with Crippen molar-refractivity contribution in [2.45, 2.75) is 45.3 Å². The average molecular weight is 566 g/mol. The molecule has 2 fully saturated rings. The molecule has 2 unspecified atom stereocenters. The Hall–Kier alpha value is -3.26. The standard InChI is InChI=1S/C22H25BrFN7O5/c1-22(2,3)34-20(32)26-30-9-11-6-13(7-12(11)10-30)25-18-17(27-36-28-18)19-29-35-21(33)31(19)14-4-5-16(24)15(23)8-14/h4-5,8,11-13H,6-7,9-10H2,1-3H3,(H,25,28)(H,26,32). The van der Waals surface area contributed by atoms with E-state index < -0.39 is 23.3 Å². The second-order valence-corrected chi connectivity index (χ2v) is 10.9. The van der Waals surface area contributed by atoms with Crippen molar-refractivity contribution < 1.29 is 23.1 Å². The normalized spacial score (nSPS) is 22.0. The highest BCUT2D eigenvalue weighted by Gasteiger charge is 2.42. The number of fused-ring (bicyclic) bond motifs is 1. The molecule has 14 heteroatoms. The maximum Gasteiger partial charge on any atom is 0.446 e. The van der Waals surface area contributed by atoms with Crippen LogP contribution in [0.15, 0.2) is 36.6 Å². The highest BCUT2D eigenvalue weighted by Crippen LogP contribution is 2.39. The molecular formula is C22H25BrFN7O5. The molecule has 3 heterocycles. The first-order valence-corrected chi connectivity index (χ1v) is 12.2. The molecule has 192 valence electrons. The lowest BCUT2D eigenvalue weighted by atomic mass is 10.0. The zero-order valence-electron chi connectivity index (χ0n) is 19.8. The van der Waals surface area contributed by atoms with Crippen molar-refractivity contribution in [1.29, 1.82) is 0 Å². The van der Waals surface area contributed by atoms with Gasteiger partial charge in [0.15, 0.2) is 5.69 Å². The predicted molar refractivity (Wildman–Crippen MR) is 128 cm³/mol. The highest BCUT2D eigenvalue weighted by atomic mass is 79.9. The molecule has 1 amide bonds. The van der Waals surface area contributed by atoms with Gasteiger partial charge in [0, 0.05) is 19.1 Å². The van der Waals surface area contributed by atoms with Crippen molar-refractivity contribution in [2.75, 3.05) is 18.4 Å². The molecule has 0 spiro atoms. The van der Waals surface area contributed by atoms with Gasteiger partial charge in [-0.25, -0.2) is 28.2 Å². The number of rotatable bonds is 5. The maximum absolute atomic E-state index is 13.7. The van der Waals surface area contributed by atoms with Crippen molar-refractivity contribution in [2.24, 2.45) is 11.8 Å². The molecule has 2 aliphatic rings. The third-order valence-corrected chi connectivity index (χ3v) is 6.81. The fourth-order valence-electron chi connectivity index (χ4n) is 4.81. The van der Waals surface area contributed by atoms with Crippen LogP contribution in [-0.2, 0) is 4.74 Å². The number of nitrogens with one attached hydrogen (secondary N) is 2. The summed E-state index contributed by atoms with van der Waals surface area (Å²) < 4.78 is 30.2. The number of amides is 1. The van der Waals surface area contributed by atoms with E-state index in [1.807, 2.05) is 25.8 Å². The average Bonchev–Trinajstić information content (AvgIpc) is 3.53. The molecule has 2 atom stereocenters. The Balaban J connectivity index is 1.26. The molecule has 12 nitrogen and oxygen atoms in total. The predicted octanol–water partition coefficient (Wildman–Crippen LogP) is 3.34. The largest absolute Gasteiger partial charge is 0.446 e. The van der Waals surface area contributed by atoms with Crippen LogP contribution in [0.5, 0.6) is 0 Å². The highest BCUT2D eigenvalue weighted by molar-refractivity contribution is 9.10. The van der Waals surface area contributed by atoms with Crippen molar-refractivity contribution in [1.82, 2.24) is 30.5 Å². The molecule has 2 aromatic heterocycles. The number of halogens is 2. The van der Waals surface area contributed by atoms with E-state index in [-0.39, 0.29) is 22.0 Å². The van der Waals surface area contributed by atoms with E-state index in [1.54, 1.807) is 0 Å². The minimum Gasteiger partial charge on any atom is -0.443 e. The maximum atomic E-state index is 13.7. The van der Waals surface area contributed by atoms with Crippen LogP contribution in [0.1, 0.15) is 33.6 Å². The van der Waals surface area contributed by atoms with Crippen LogP contribution in [0.2, 0.25) is 0 Å². The summed E-state index contributed by atoms with van der Waals surface area (Å²) >= 11 is 3.12. The number of anilines is 1. The number of aromatic nitrogens is 4. The van der Waals surface area contributed by atoms with Gasteiger partial charge in [0.2, 0.25) is 11.6 Å². The van der Waals surface area contributed by atoms with Gasteiger partial charge in [-0.3, -0.25) is 9.95 Å². The monoisotopic (exact) mass is 565 g/mol. The van der Waals surface area contributed by atoms with Crippen molar-refractivity contribution >= 4 is 27.8 Å². The third kappa shape index (κ3) is 5.00. The van der Waals surface area contributed by atoms with Gasteiger partial charge in [-0.05, 0) is 89.9 Å². The number of carbonyl (C=O) groups is 1. The molecule has 0 bridgehead atoms. The number of ether oxygens (including phenoxy) is 1. The van der Waals surface area contributed by atoms with Gasteiger partial charge in [-0.1, -0.05) is 5.16 Å². The molecule has 1 aromatic carbocycles. The summed E-state index contributed by atoms with van der Waals surface area (Å²) in [5.41, 5.74) is 2.81. The molecule has 2 N–H and O–H groups in total. The summed E-state index contributed by atoms with van der Waals surface area (Å²) in [6.45, 7) is 6.91. The minimum atomic E-state index is -0.759. The van der Waals surface area contributed by atoms with Crippen LogP contribution >= 0.6 is 15.9 Å². The van der Waals surface area contributed by atoms with Gasteiger partial charge >= 0.3 is 11.8 Å². The number of nitrogens with zero attached hydrogens (tertiary/aromatic N) is 5. The minimum absolute atomic E-state index is 0.0770. The van der Waals surface area contributed by atoms with Gasteiger partial charge in [-0.2, -0.15) is 0 Å². The number of hydrogen-bond donors (Lipinski definition) is 2. The fourth-order valence-corrected chi connectivity index (χ4v) is 5.18. The number of hydrogen-bond acceptors (Lipinski definition) is 10. The summed E-state index contributed by atoms with van der Waals surface area (Å²) in [6, 6.07) is 4.17. The van der Waals surface area contributed by atoms with Crippen molar-refractivity contribution in [3.63, 3.8) is 0 Å². The first kappa shape index (κ1) is 24.4. The molecule has 1 saturated heterocycles. The van der Waals surface area contributed by atoms with Crippen LogP contribution < -0.4 is 16.5 Å². The Morgan fingerprint density at radius 1 is 1.19 bits per heavy atom. The van der Waals surface area contributed by atoms with E-state index in [0.717, 1.165) is 12.8 Å². The fraction of sp³-hybridized carbons (Fsp3) is 0.500. The molecule has 3 aromatic rings. The van der Waals surface area contributed by atoms with E-state index in [2.05, 4.69) is 42.1 Å². The Kier molecular flexibility index (Phi) is 6.32. The lowest BCUT2D eigenvalue weighted by Gasteiger charge is -2.24. The van der Waals surface area contributed by atoms with Crippen LogP contribution in [0.3, 0.4) is 0 Å². The van der Waals surface area contributed by atoms with Gasteiger partial charge in [-0.15, -0.1) is 0 Å². The topological polar surface area (TPSA) is 141 Å². The summed E-state index contributed by atoms with van der Waals surface area (Å²) in [6.07, 6.45) is 1.24. The molecule has 36 heavy (non-hydrogen) atoms. The Labute approximate surface area is 213 Å². The number of benzene rings is 1. The lowest BCUT2D eigenvalue weighted by molar-refractivity contribution is 0.0354. The summed E-state index contributed by atoms with van der Waals surface area (Å²) in [4.78, 5) is 24.5. The summed E-state index contributed by atoms with van der Waals surface area (Å²) in [5.74, 6) is -0.0717. The second-order valence-electron chi connectivity index (χ2n) is 10.0. The first-order chi connectivity index (χ1) is 17.1. The molecule has 5 rings (SSSR count). The Bertz CT molecular complexity index is 1320. The van der Waals surface area contributed by atoms with Gasteiger partial charge in [0.1, 0.15) is 11.4 Å². The zero-order valence-corrected chi connectivity index (χ0v) is 21.4. The molecule has 1 aliphatic heterocycles.